The molecule has 0 fully saturated rings. The van der Waals surface area contributed by atoms with Crippen molar-refractivity contribution in [3.8, 4) is 17.1 Å². The molecule has 38 heavy (non-hydrogen) atoms. The van der Waals surface area contributed by atoms with E-state index in [-0.39, 0.29) is 24.0 Å². The molecule has 0 aliphatic carbocycles. The monoisotopic (exact) mass is 514 g/mol. The van der Waals surface area contributed by atoms with Gasteiger partial charge in [0.15, 0.2) is 5.82 Å². The maximum absolute atomic E-state index is 13.9. The van der Waals surface area contributed by atoms with E-state index in [0.717, 1.165) is 33.2 Å². The lowest BCUT2D eigenvalue weighted by atomic mass is 10.00. The van der Waals surface area contributed by atoms with Crippen LogP contribution in [0.15, 0.2) is 59.4 Å². The summed E-state index contributed by atoms with van der Waals surface area (Å²) in [5.41, 5.74) is 3.08. The van der Waals surface area contributed by atoms with Gasteiger partial charge in [-0.05, 0) is 61.3 Å². The molecule has 0 bridgehead atoms. The molecule has 5 rings (SSSR count). The van der Waals surface area contributed by atoms with E-state index in [9.17, 15) is 14.4 Å². The first-order valence-electron chi connectivity index (χ1n) is 12.5. The van der Waals surface area contributed by atoms with Crippen LogP contribution < -0.4 is 26.0 Å². The number of nitrogens with one attached hydrogen (secondary N) is 4. The number of ether oxygens (including phenoxy) is 1. The standard InChI is InChI=1S/C28H30N6O4/c1-16(29-2)26(35)30-22-12-9-17-6-4-5-7-23(17)34(27(22)36)15-21-20-11-8-19(25-31-28(37)33-32-25)14-18(20)10-13-24(21)38-3/h4-8,10-11,13-14,16,22,29H,9,12,15H2,1-3H3,(H,30,35)(H2,31,32,33,37). The first-order chi connectivity index (χ1) is 18.4. The Morgan fingerprint density at radius 3 is 2.74 bits per heavy atom. The minimum Gasteiger partial charge on any atom is -0.496 e. The number of fused-ring (bicyclic) bond motifs is 2. The minimum atomic E-state index is -0.658. The zero-order valence-corrected chi connectivity index (χ0v) is 21.5. The number of hydrogen-bond donors (Lipinski definition) is 4. The number of benzene rings is 3. The Bertz CT molecular complexity index is 1560. The topological polar surface area (TPSA) is 132 Å². The number of aromatic nitrogens is 3. The van der Waals surface area contributed by atoms with Gasteiger partial charge in [0.2, 0.25) is 11.8 Å². The average Bonchev–Trinajstić information content (AvgIpc) is 3.33. The van der Waals surface area contributed by atoms with E-state index in [1.165, 1.54) is 0 Å². The number of carbonyl (C=O) groups is 2. The molecule has 4 aromatic rings. The molecule has 1 aromatic heterocycles. The Kier molecular flexibility index (Phi) is 6.97. The van der Waals surface area contributed by atoms with E-state index in [1.54, 1.807) is 26.0 Å². The van der Waals surface area contributed by atoms with Crippen LogP contribution in [0.1, 0.15) is 24.5 Å². The molecule has 1 aliphatic rings. The highest BCUT2D eigenvalue weighted by Gasteiger charge is 2.33. The number of para-hydroxylation sites is 1. The summed E-state index contributed by atoms with van der Waals surface area (Å²) in [5, 5.41) is 14.1. The Morgan fingerprint density at radius 1 is 1.18 bits per heavy atom. The summed E-state index contributed by atoms with van der Waals surface area (Å²) < 4.78 is 5.72. The van der Waals surface area contributed by atoms with Gasteiger partial charge < -0.3 is 20.3 Å². The predicted molar refractivity (Wildman–Crippen MR) is 145 cm³/mol. The largest absolute Gasteiger partial charge is 0.496 e. The number of amides is 2. The van der Waals surface area contributed by atoms with Crippen molar-refractivity contribution in [2.24, 2.45) is 0 Å². The van der Waals surface area contributed by atoms with E-state index < -0.39 is 12.1 Å². The van der Waals surface area contributed by atoms with Crippen LogP contribution in [0.2, 0.25) is 0 Å². The van der Waals surface area contributed by atoms with Gasteiger partial charge in [0.05, 0.1) is 19.7 Å². The van der Waals surface area contributed by atoms with Gasteiger partial charge in [-0.2, -0.15) is 5.10 Å². The Balaban J connectivity index is 1.56. The van der Waals surface area contributed by atoms with Crippen molar-refractivity contribution in [2.75, 3.05) is 19.1 Å². The third kappa shape index (κ3) is 4.78. The molecule has 0 spiro atoms. The number of hydrogen-bond acceptors (Lipinski definition) is 6. The maximum atomic E-state index is 13.9. The molecular formula is C28H30N6O4. The second-order valence-corrected chi connectivity index (χ2v) is 9.37. The van der Waals surface area contributed by atoms with E-state index in [1.807, 2.05) is 54.6 Å². The first-order valence-corrected chi connectivity index (χ1v) is 12.5. The molecule has 3 aromatic carbocycles. The third-order valence-electron chi connectivity index (χ3n) is 7.09. The Morgan fingerprint density at radius 2 is 2.00 bits per heavy atom. The van der Waals surface area contributed by atoms with Gasteiger partial charge in [0.1, 0.15) is 11.8 Å². The van der Waals surface area contributed by atoms with Crippen LogP contribution in [-0.4, -0.2) is 53.2 Å². The highest BCUT2D eigenvalue weighted by atomic mass is 16.5. The van der Waals surface area contributed by atoms with Gasteiger partial charge in [0.25, 0.3) is 0 Å². The number of H-pyrrole nitrogens is 2. The van der Waals surface area contributed by atoms with Crippen molar-refractivity contribution >= 4 is 28.3 Å². The summed E-state index contributed by atoms with van der Waals surface area (Å²) in [7, 11) is 3.32. The van der Waals surface area contributed by atoms with Crippen LogP contribution in [0.3, 0.4) is 0 Å². The molecule has 4 N–H and O–H groups in total. The number of nitrogens with zero attached hydrogens (tertiary/aromatic N) is 2. The normalized spacial score (nSPS) is 16.1. The molecule has 0 saturated heterocycles. The van der Waals surface area contributed by atoms with Gasteiger partial charge in [-0.15, -0.1) is 0 Å². The van der Waals surface area contributed by atoms with Gasteiger partial charge in [-0.1, -0.05) is 36.4 Å². The molecule has 2 heterocycles. The predicted octanol–water partition coefficient (Wildman–Crippen LogP) is 2.50. The molecular weight excluding hydrogens is 484 g/mol. The molecule has 2 atom stereocenters. The first kappa shape index (κ1) is 25.2. The number of anilines is 1. The highest BCUT2D eigenvalue weighted by Crippen LogP contribution is 2.35. The number of likely N-dealkylation sites (N-methyl/N-ethyl adjacent to an activating group) is 1. The van der Waals surface area contributed by atoms with Crippen molar-refractivity contribution in [2.45, 2.75) is 38.4 Å². The fourth-order valence-electron chi connectivity index (χ4n) is 4.88. The van der Waals surface area contributed by atoms with Gasteiger partial charge >= 0.3 is 5.69 Å². The zero-order valence-electron chi connectivity index (χ0n) is 21.5. The quantitative estimate of drug-likeness (QED) is 0.300. The number of rotatable bonds is 7. The summed E-state index contributed by atoms with van der Waals surface area (Å²) in [5.74, 6) is 0.706. The zero-order chi connectivity index (χ0) is 26.8. The van der Waals surface area contributed by atoms with Crippen LogP contribution >= 0.6 is 0 Å². The third-order valence-corrected chi connectivity index (χ3v) is 7.09. The van der Waals surface area contributed by atoms with E-state index in [4.69, 9.17) is 4.74 Å². The van der Waals surface area contributed by atoms with Gasteiger partial charge in [-0.25, -0.2) is 9.89 Å². The van der Waals surface area contributed by atoms with Crippen molar-refractivity contribution in [3.63, 3.8) is 0 Å². The summed E-state index contributed by atoms with van der Waals surface area (Å²) in [6.45, 7) is 2.01. The molecule has 10 heteroatoms. The summed E-state index contributed by atoms with van der Waals surface area (Å²) in [6.07, 6.45) is 1.17. The van der Waals surface area contributed by atoms with E-state index in [0.29, 0.717) is 24.4 Å². The lowest BCUT2D eigenvalue weighted by molar-refractivity contribution is -0.128. The van der Waals surface area contributed by atoms with Crippen LogP contribution in [-0.2, 0) is 22.6 Å². The number of methoxy groups -OCH3 is 1. The smallest absolute Gasteiger partial charge is 0.340 e. The lowest BCUT2D eigenvalue weighted by Crippen LogP contribution is -2.52. The average molecular weight is 515 g/mol. The van der Waals surface area contributed by atoms with E-state index in [2.05, 4.69) is 25.8 Å². The molecule has 2 amide bonds. The highest BCUT2D eigenvalue weighted by molar-refractivity contribution is 6.02. The number of aromatic amines is 2. The van der Waals surface area contributed by atoms with Crippen LogP contribution in [0.25, 0.3) is 22.2 Å². The Labute approximate surface area is 219 Å². The minimum absolute atomic E-state index is 0.170. The summed E-state index contributed by atoms with van der Waals surface area (Å²) in [4.78, 5) is 42.6. The maximum Gasteiger partial charge on any atom is 0.340 e. The van der Waals surface area contributed by atoms with Gasteiger partial charge in [0, 0.05) is 16.8 Å². The van der Waals surface area contributed by atoms with Crippen LogP contribution in [0, 0.1) is 0 Å². The molecule has 1 aliphatic heterocycles. The fourth-order valence-corrected chi connectivity index (χ4v) is 4.88. The fraction of sp³-hybridized carbons (Fsp3) is 0.286. The number of carbonyl (C=O) groups excluding carboxylic acids is 2. The number of aryl methyl sites for hydroxylation is 1. The van der Waals surface area contributed by atoms with Crippen molar-refractivity contribution in [1.29, 1.82) is 0 Å². The SMILES string of the molecule is CNC(C)C(=O)NC1CCc2ccccc2N(Cc2c(OC)ccc3cc(-c4n[nH]c(=O)[nH]4)ccc23)C1=O. The van der Waals surface area contributed by atoms with Crippen molar-refractivity contribution in [1.82, 2.24) is 25.8 Å². The second-order valence-electron chi connectivity index (χ2n) is 9.37. The van der Waals surface area contributed by atoms with Gasteiger partial charge in [-0.3, -0.25) is 14.6 Å². The Hall–Kier alpha value is -4.44. The summed E-state index contributed by atoms with van der Waals surface area (Å²) in [6, 6.07) is 16.3. The van der Waals surface area contributed by atoms with Crippen LogP contribution in [0.4, 0.5) is 5.69 Å². The van der Waals surface area contributed by atoms with Crippen molar-refractivity contribution in [3.05, 3.63) is 76.2 Å². The second kappa shape index (κ2) is 10.5. The molecule has 2 unspecified atom stereocenters. The van der Waals surface area contributed by atoms with Crippen LogP contribution in [0.5, 0.6) is 5.75 Å². The summed E-state index contributed by atoms with van der Waals surface area (Å²) >= 11 is 0. The molecule has 0 saturated carbocycles. The lowest BCUT2D eigenvalue weighted by Gasteiger charge is -2.28. The molecule has 10 nitrogen and oxygen atoms in total. The van der Waals surface area contributed by atoms with E-state index >= 15 is 0 Å². The van der Waals surface area contributed by atoms with Crippen molar-refractivity contribution < 1.29 is 14.3 Å². The molecule has 196 valence electrons. The molecule has 0 radical (unpaired) electrons.